The van der Waals surface area contributed by atoms with E-state index in [4.69, 9.17) is 0 Å². The molecule has 30 heavy (non-hydrogen) atoms. The van der Waals surface area contributed by atoms with E-state index in [1.165, 1.54) is 22.3 Å². The molecule has 0 saturated heterocycles. The monoisotopic (exact) mass is 416 g/mol. The summed E-state index contributed by atoms with van der Waals surface area (Å²) in [6.07, 6.45) is 1.73. The summed E-state index contributed by atoms with van der Waals surface area (Å²) < 4.78 is 0. The summed E-state index contributed by atoms with van der Waals surface area (Å²) in [5.74, 6) is -1.86. The van der Waals surface area contributed by atoms with Crippen LogP contribution in [-0.4, -0.2) is 26.9 Å². The highest BCUT2D eigenvalue weighted by molar-refractivity contribution is 7.12. The number of aliphatic hydroxyl groups is 1. The molecule has 1 atom stereocenters. The van der Waals surface area contributed by atoms with Crippen molar-refractivity contribution in [3.63, 3.8) is 0 Å². The fourth-order valence-electron chi connectivity index (χ4n) is 3.91. The summed E-state index contributed by atoms with van der Waals surface area (Å²) in [7, 11) is 0. The molecule has 1 aliphatic heterocycles. The van der Waals surface area contributed by atoms with Gasteiger partial charge in [-0.15, -0.1) is 11.3 Å². The number of carbonyl (C=O) groups is 2. The molecule has 1 amide bonds. The van der Waals surface area contributed by atoms with E-state index in [1.54, 1.807) is 41.9 Å². The van der Waals surface area contributed by atoms with E-state index in [1.807, 2.05) is 24.3 Å². The van der Waals surface area contributed by atoms with E-state index in [-0.39, 0.29) is 17.0 Å². The number of Topliss-reactive ketones (excluding diaryl/α,β-unsaturated/α-hetero) is 1. The molecule has 0 spiro atoms. The maximum absolute atomic E-state index is 13.3. The number of hydrogen-bond donors (Lipinski definition) is 3. The number of fused-ring (bicyclic) bond motifs is 1. The maximum atomic E-state index is 13.3. The van der Waals surface area contributed by atoms with E-state index in [0.29, 0.717) is 10.4 Å². The number of rotatable bonds is 4. The number of nitrogens with one attached hydrogen (secondary N) is 1. The molecule has 3 N–H and O–H groups in total. The zero-order valence-corrected chi connectivity index (χ0v) is 16.4. The molecular weight excluding hydrogens is 400 g/mol. The minimum atomic E-state index is -0.892. The number of benzene rings is 2. The quantitative estimate of drug-likeness (QED) is 0.420. The van der Waals surface area contributed by atoms with Crippen molar-refractivity contribution in [1.82, 2.24) is 4.98 Å². The molecule has 3 heterocycles. The van der Waals surface area contributed by atoms with Crippen molar-refractivity contribution in [1.29, 1.82) is 0 Å². The first-order valence-electron chi connectivity index (χ1n) is 9.27. The number of amides is 1. The average molecular weight is 416 g/mol. The fraction of sp³-hybridized carbons (Fsp3) is 0.0435. The number of phenols is 1. The van der Waals surface area contributed by atoms with Crippen molar-refractivity contribution in [2.45, 2.75) is 6.04 Å². The second-order valence-corrected chi connectivity index (χ2v) is 7.87. The van der Waals surface area contributed by atoms with Crippen LogP contribution in [0.3, 0.4) is 0 Å². The minimum Gasteiger partial charge on any atom is -0.506 e. The summed E-state index contributed by atoms with van der Waals surface area (Å²) >= 11 is 1.24. The average Bonchev–Trinajstić information content (AvgIpc) is 3.48. The molecule has 1 unspecified atom stereocenters. The molecule has 0 saturated carbocycles. The Morgan fingerprint density at radius 1 is 1.00 bits per heavy atom. The molecule has 7 heteroatoms. The Bertz CT molecular complexity index is 1320. The smallest absolute Gasteiger partial charge is 0.294 e. The van der Waals surface area contributed by atoms with Gasteiger partial charge in [-0.3, -0.25) is 14.5 Å². The van der Waals surface area contributed by atoms with Crippen LogP contribution in [0, 0.1) is 0 Å². The molecule has 148 valence electrons. The van der Waals surface area contributed by atoms with Crippen molar-refractivity contribution < 1.29 is 19.8 Å². The Kier molecular flexibility index (Phi) is 4.18. The number of nitrogens with zero attached hydrogens (tertiary/aromatic N) is 1. The van der Waals surface area contributed by atoms with Crippen molar-refractivity contribution in [3.05, 3.63) is 94.0 Å². The van der Waals surface area contributed by atoms with Gasteiger partial charge in [0.25, 0.3) is 5.91 Å². The van der Waals surface area contributed by atoms with Crippen LogP contribution in [0.25, 0.3) is 10.9 Å². The van der Waals surface area contributed by atoms with Crippen LogP contribution in [0.15, 0.2) is 83.6 Å². The summed E-state index contributed by atoms with van der Waals surface area (Å²) in [5, 5.41) is 23.8. The summed E-state index contributed by atoms with van der Waals surface area (Å²) in [4.78, 5) is 31.3. The number of anilines is 1. The van der Waals surface area contributed by atoms with Crippen molar-refractivity contribution in [2.75, 3.05) is 4.90 Å². The lowest BCUT2D eigenvalue weighted by atomic mass is 9.94. The zero-order chi connectivity index (χ0) is 20.8. The Morgan fingerprint density at radius 2 is 1.77 bits per heavy atom. The highest BCUT2D eigenvalue weighted by atomic mass is 32.1. The third-order valence-corrected chi connectivity index (χ3v) is 6.12. The molecular formula is C23H16N2O4S. The van der Waals surface area contributed by atoms with Gasteiger partial charge in [-0.1, -0.05) is 36.4 Å². The van der Waals surface area contributed by atoms with Crippen LogP contribution in [0.4, 0.5) is 5.69 Å². The van der Waals surface area contributed by atoms with Crippen LogP contribution in [0.1, 0.15) is 21.3 Å². The van der Waals surface area contributed by atoms with Gasteiger partial charge < -0.3 is 15.2 Å². The van der Waals surface area contributed by atoms with Gasteiger partial charge in [0, 0.05) is 22.7 Å². The normalized spacial score (nSPS) is 16.6. The second kappa shape index (κ2) is 6.89. The Hall–Kier alpha value is -3.84. The van der Waals surface area contributed by atoms with Gasteiger partial charge in [0.05, 0.1) is 22.2 Å². The van der Waals surface area contributed by atoms with Crippen LogP contribution in [0.5, 0.6) is 5.75 Å². The first-order chi connectivity index (χ1) is 14.6. The highest BCUT2D eigenvalue weighted by Gasteiger charge is 2.46. The molecule has 0 fully saturated rings. The van der Waals surface area contributed by atoms with Crippen LogP contribution in [-0.2, 0) is 4.79 Å². The summed E-state index contributed by atoms with van der Waals surface area (Å²) in [5.41, 5.74) is 1.71. The number of carbonyl (C=O) groups excluding carboxylic acids is 2. The number of aromatic hydroxyl groups is 1. The molecule has 5 rings (SSSR count). The minimum absolute atomic E-state index is 0.00421. The van der Waals surface area contributed by atoms with Gasteiger partial charge in [-0.05, 0) is 29.6 Å². The summed E-state index contributed by atoms with van der Waals surface area (Å²) in [6, 6.07) is 16.4. The largest absolute Gasteiger partial charge is 0.506 e. The van der Waals surface area contributed by atoms with Crippen LogP contribution >= 0.6 is 11.3 Å². The lowest BCUT2D eigenvalue weighted by Crippen LogP contribution is -2.31. The number of hydrogen-bond acceptors (Lipinski definition) is 5. The fourth-order valence-corrected chi connectivity index (χ4v) is 4.59. The van der Waals surface area contributed by atoms with E-state index in [0.717, 1.165) is 10.9 Å². The lowest BCUT2D eigenvalue weighted by molar-refractivity contribution is -0.117. The highest BCUT2D eigenvalue weighted by Crippen LogP contribution is 2.46. The second-order valence-electron chi connectivity index (χ2n) is 6.92. The predicted octanol–water partition coefficient (Wildman–Crippen LogP) is 4.72. The Morgan fingerprint density at radius 3 is 2.53 bits per heavy atom. The van der Waals surface area contributed by atoms with Crippen molar-refractivity contribution in [3.8, 4) is 5.75 Å². The molecule has 0 bridgehead atoms. The maximum Gasteiger partial charge on any atom is 0.294 e. The topological polar surface area (TPSA) is 93.6 Å². The molecule has 0 radical (unpaired) electrons. The lowest BCUT2D eigenvalue weighted by Gasteiger charge is -2.27. The molecule has 1 aliphatic rings. The molecule has 4 aromatic rings. The van der Waals surface area contributed by atoms with Gasteiger partial charge in [0.15, 0.2) is 5.76 Å². The van der Waals surface area contributed by atoms with E-state index >= 15 is 0 Å². The van der Waals surface area contributed by atoms with Crippen LogP contribution < -0.4 is 4.90 Å². The van der Waals surface area contributed by atoms with Gasteiger partial charge in [0.2, 0.25) is 5.78 Å². The standard InChI is InChI=1S/C23H16N2O4S/c26-17-9-4-3-8-16(17)25-20(14-12-24-15-7-2-1-6-13(14)15)19(22(28)23(25)29)21(27)18-10-5-11-30-18/h1-12,20,24,26,28H. The van der Waals surface area contributed by atoms with E-state index < -0.39 is 23.5 Å². The Balaban J connectivity index is 1.76. The first kappa shape index (κ1) is 18.2. The number of ketones is 1. The van der Waals surface area contributed by atoms with Gasteiger partial charge in [-0.25, -0.2) is 0 Å². The zero-order valence-electron chi connectivity index (χ0n) is 15.6. The third-order valence-electron chi connectivity index (χ3n) is 5.25. The van der Waals surface area contributed by atoms with Gasteiger partial charge >= 0.3 is 0 Å². The molecule has 2 aromatic heterocycles. The molecule has 0 aliphatic carbocycles. The van der Waals surface area contributed by atoms with E-state index in [9.17, 15) is 19.8 Å². The Labute approximate surface area is 175 Å². The predicted molar refractivity (Wildman–Crippen MR) is 115 cm³/mol. The van der Waals surface area contributed by atoms with Crippen molar-refractivity contribution in [2.24, 2.45) is 0 Å². The molecule has 6 nitrogen and oxygen atoms in total. The summed E-state index contributed by atoms with van der Waals surface area (Å²) in [6.45, 7) is 0. The van der Waals surface area contributed by atoms with Gasteiger partial charge in [-0.2, -0.15) is 0 Å². The van der Waals surface area contributed by atoms with E-state index in [2.05, 4.69) is 4.98 Å². The van der Waals surface area contributed by atoms with Crippen LogP contribution in [0.2, 0.25) is 0 Å². The number of H-pyrrole nitrogens is 1. The number of phenolic OH excluding ortho intramolecular Hbond substituents is 1. The number of aliphatic hydroxyl groups excluding tert-OH is 1. The number of aromatic amines is 1. The number of thiophene rings is 1. The van der Waals surface area contributed by atoms with Gasteiger partial charge in [0.1, 0.15) is 5.75 Å². The molecule has 2 aromatic carbocycles. The first-order valence-corrected chi connectivity index (χ1v) is 10.1. The number of para-hydroxylation sites is 3. The SMILES string of the molecule is O=C(C1=C(O)C(=O)N(c2ccccc2O)C1c1c[nH]c2ccccc12)c1cccs1. The van der Waals surface area contributed by atoms with Crippen molar-refractivity contribution >= 4 is 39.6 Å². The third kappa shape index (κ3) is 2.63. The number of aromatic nitrogens is 1.